The Labute approximate surface area is 165 Å². The van der Waals surface area contributed by atoms with E-state index in [4.69, 9.17) is 14.2 Å². The zero-order chi connectivity index (χ0) is 20.5. The van der Waals surface area contributed by atoms with Gasteiger partial charge in [0.05, 0.1) is 38.1 Å². The number of aromatic amines is 1. The van der Waals surface area contributed by atoms with Crippen LogP contribution in [-0.2, 0) is 0 Å². The molecule has 0 aliphatic heterocycles. The van der Waals surface area contributed by atoms with E-state index in [2.05, 4.69) is 25.3 Å². The number of aromatic nitrogens is 4. The van der Waals surface area contributed by atoms with Crippen molar-refractivity contribution in [1.29, 1.82) is 0 Å². The summed E-state index contributed by atoms with van der Waals surface area (Å²) in [5.74, 6) is 2.15. The van der Waals surface area contributed by atoms with Gasteiger partial charge in [0, 0.05) is 11.5 Å². The first-order valence-electron chi connectivity index (χ1n) is 8.78. The van der Waals surface area contributed by atoms with Crippen molar-refractivity contribution in [2.75, 3.05) is 26.6 Å². The van der Waals surface area contributed by atoms with Gasteiger partial charge in [0.2, 0.25) is 11.9 Å². The lowest BCUT2D eigenvalue weighted by Crippen LogP contribution is -2.13. The van der Waals surface area contributed by atoms with Crippen molar-refractivity contribution in [2.45, 2.75) is 6.92 Å². The number of aryl methyl sites for hydroxylation is 1. The predicted octanol–water partition coefficient (Wildman–Crippen LogP) is 2.94. The van der Waals surface area contributed by atoms with E-state index in [1.807, 2.05) is 13.0 Å². The molecule has 0 atom stereocenters. The van der Waals surface area contributed by atoms with Gasteiger partial charge in [-0.25, -0.2) is 15.0 Å². The fourth-order valence-corrected chi connectivity index (χ4v) is 3.16. The first-order chi connectivity index (χ1) is 14.0. The second-order valence-electron chi connectivity index (χ2n) is 6.25. The standard InChI is InChI=1S/C20H19N5O4/c1-10-11-8-15(28-3)16(29-4)9-13(11)23-19(21-10)25-20-22-12-6-5-7-14(27-2)17(12)18(26)24-20/h5-9H,1-4H3,(H2,21,22,23,24,25,26). The van der Waals surface area contributed by atoms with Crippen LogP contribution >= 0.6 is 0 Å². The third-order valence-corrected chi connectivity index (χ3v) is 4.54. The molecule has 0 fully saturated rings. The number of methoxy groups -OCH3 is 3. The number of nitrogens with one attached hydrogen (secondary N) is 2. The highest BCUT2D eigenvalue weighted by Gasteiger charge is 2.13. The highest BCUT2D eigenvalue weighted by molar-refractivity contribution is 5.87. The Kier molecular flexibility index (Phi) is 4.63. The number of rotatable bonds is 5. The van der Waals surface area contributed by atoms with Gasteiger partial charge in [-0.1, -0.05) is 6.07 Å². The number of H-pyrrole nitrogens is 1. The second kappa shape index (κ2) is 7.27. The zero-order valence-corrected chi connectivity index (χ0v) is 16.4. The first kappa shape index (κ1) is 18.5. The van der Waals surface area contributed by atoms with E-state index in [9.17, 15) is 4.79 Å². The molecule has 9 nitrogen and oxygen atoms in total. The van der Waals surface area contributed by atoms with Gasteiger partial charge in [-0.2, -0.15) is 0 Å². The maximum Gasteiger partial charge on any atom is 0.263 e. The molecule has 2 aromatic carbocycles. The predicted molar refractivity (Wildman–Crippen MR) is 110 cm³/mol. The van der Waals surface area contributed by atoms with E-state index in [1.54, 1.807) is 38.5 Å². The van der Waals surface area contributed by atoms with Crippen LogP contribution in [0.5, 0.6) is 17.2 Å². The lowest BCUT2D eigenvalue weighted by molar-refractivity contribution is 0.355. The summed E-state index contributed by atoms with van der Waals surface area (Å²) in [5.41, 5.74) is 1.59. The summed E-state index contributed by atoms with van der Waals surface area (Å²) >= 11 is 0. The topological polar surface area (TPSA) is 111 Å². The SMILES string of the molecule is COc1cc2nc(Nc3nc4cccc(OC)c4c(=O)[nH]3)nc(C)c2cc1OC. The van der Waals surface area contributed by atoms with Crippen molar-refractivity contribution in [1.82, 2.24) is 19.9 Å². The molecular weight excluding hydrogens is 374 g/mol. The molecule has 2 heterocycles. The summed E-state index contributed by atoms with van der Waals surface area (Å²) in [4.78, 5) is 28.6. The second-order valence-corrected chi connectivity index (χ2v) is 6.25. The smallest absolute Gasteiger partial charge is 0.263 e. The van der Waals surface area contributed by atoms with Crippen LogP contribution in [-0.4, -0.2) is 41.3 Å². The van der Waals surface area contributed by atoms with Gasteiger partial charge < -0.3 is 14.2 Å². The number of hydrogen-bond donors (Lipinski definition) is 2. The van der Waals surface area contributed by atoms with Crippen LogP contribution in [0.2, 0.25) is 0 Å². The van der Waals surface area contributed by atoms with Gasteiger partial charge in [-0.3, -0.25) is 15.1 Å². The van der Waals surface area contributed by atoms with E-state index in [-0.39, 0.29) is 11.5 Å². The number of ether oxygens (including phenoxy) is 3. The number of fused-ring (bicyclic) bond motifs is 2. The van der Waals surface area contributed by atoms with E-state index < -0.39 is 0 Å². The fraction of sp³-hybridized carbons (Fsp3) is 0.200. The van der Waals surface area contributed by atoms with Crippen molar-refractivity contribution in [3.05, 3.63) is 46.4 Å². The number of anilines is 2. The highest BCUT2D eigenvalue weighted by atomic mass is 16.5. The third-order valence-electron chi connectivity index (χ3n) is 4.54. The third kappa shape index (κ3) is 3.27. The van der Waals surface area contributed by atoms with Gasteiger partial charge in [-0.05, 0) is 25.1 Å². The van der Waals surface area contributed by atoms with Crippen molar-refractivity contribution in [2.24, 2.45) is 0 Å². The van der Waals surface area contributed by atoms with Gasteiger partial charge in [0.1, 0.15) is 11.1 Å². The molecular formula is C20H19N5O4. The molecule has 0 saturated heterocycles. The number of hydrogen-bond acceptors (Lipinski definition) is 8. The largest absolute Gasteiger partial charge is 0.496 e. The molecule has 4 aromatic rings. The average molecular weight is 393 g/mol. The molecule has 2 aromatic heterocycles. The van der Waals surface area contributed by atoms with Gasteiger partial charge in [-0.15, -0.1) is 0 Å². The molecule has 0 radical (unpaired) electrons. The quantitative estimate of drug-likeness (QED) is 0.532. The number of benzene rings is 2. The monoisotopic (exact) mass is 393 g/mol. The van der Waals surface area contributed by atoms with Crippen molar-refractivity contribution >= 4 is 33.7 Å². The molecule has 2 N–H and O–H groups in total. The molecule has 4 rings (SSSR count). The maximum absolute atomic E-state index is 12.5. The molecule has 148 valence electrons. The summed E-state index contributed by atoms with van der Waals surface area (Å²) in [5, 5.41) is 4.19. The molecule has 0 unspecified atom stereocenters. The Morgan fingerprint density at radius 3 is 2.34 bits per heavy atom. The summed E-state index contributed by atoms with van der Waals surface area (Å²) in [6.07, 6.45) is 0. The minimum absolute atomic E-state index is 0.231. The Balaban J connectivity index is 1.79. The van der Waals surface area contributed by atoms with E-state index >= 15 is 0 Å². The molecule has 0 saturated carbocycles. The summed E-state index contributed by atoms with van der Waals surface area (Å²) in [6.45, 7) is 1.86. The maximum atomic E-state index is 12.5. The van der Waals surface area contributed by atoms with E-state index in [0.717, 1.165) is 11.1 Å². The molecule has 29 heavy (non-hydrogen) atoms. The fourth-order valence-electron chi connectivity index (χ4n) is 3.16. The highest BCUT2D eigenvalue weighted by Crippen LogP contribution is 2.33. The minimum Gasteiger partial charge on any atom is -0.496 e. The Morgan fingerprint density at radius 1 is 0.897 bits per heavy atom. The summed E-state index contributed by atoms with van der Waals surface area (Å²) < 4.78 is 15.9. The molecule has 0 amide bonds. The zero-order valence-electron chi connectivity index (χ0n) is 16.4. The van der Waals surface area contributed by atoms with Gasteiger partial charge in [0.25, 0.3) is 5.56 Å². The van der Waals surface area contributed by atoms with E-state index in [0.29, 0.717) is 39.6 Å². The van der Waals surface area contributed by atoms with Gasteiger partial charge >= 0.3 is 0 Å². The van der Waals surface area contributed by atoms with Crippen LogP contribution in [0.15, 0.2) is 35.1 Å². The van der Waals surface area contributed by atoms with Crippen molar-refractivity contribution < 1.29 is 14.2 Å². The molecule has 0 bridgehead atoms. The lowest BCUT2D eigenvalue weighted by Gasteiger charge is -2.12. The average Bonchev–Trinajstić information content (AvgIpc) is 2.72. The van der Waals surface area contributed by atoms with Crippen LogP contribution in [0.3, 0.4) is 0 Å². The lowest BCUT2D eigenvalue weighted by atomic mass is 10.1. The van der Waals surface area contributed by atoms with Crippen LogP contribution in [0.4, 0.5) is 11.9 Å². The van der Waals surface area contributed by atoms with Crippen molar-refractivity contribution in [3.63, 3.8) is 0 Å². The van der Waals surface area contributed by atoms with E-state index in [1.165, 1.54) is 7.11 Å². The minimum atomic E-state index is -0.320. The van der Waals surface area contributed by atoms with Crippen LogP contribution < -0.4 is 25.1 Å². The van der Waals surface area contributed by atoms with Crippen LogP contribution in [0.25, 0.3) is 21.8 Å². The van der Waals surface area contributed by atoms with Crippen molar-refractivity contribution in [3.8, 4) is 17.2 Å². The summed E-state index contributed by atoms with van der Waals surface area (Å²) in [7, 11) is 4.65. The number of nitrogens with zero attached hydrogens (tertiary/aromatic N) is 3. The normalized spacial score (nSPS) is 10.9. The van der Waals surface area contributed by atoms with Crippen LogP contribution in [0.1, 0.15) is 5.69 Å². The Bertz CT molecular complexity index is 1290. The molecule has 9 heteroatoms. The first-order valence-corrected chi connectivity index (χ1v) is 8.78. The molecule has 0 aliphatic carbocycles. The van der Waals surface area contributed by atoms with Gasteiger partial charge in [0.15, 0.2) is 11.5 Å². The Hall–Kier alpha value is -3.88. The molecule has 0 spiro atoms. The Morgan fingerprint density at radius 2 is 1.62 bits per heavy atom. The van der Waals surface area contributed by atoms with Crippen LogP contribution in [0, 0.1) is 6.92 Å². The summed E-state index contributed by atoms with van der Waals surface area (Å²) in [6, 6.07) is 8.82. The molecule has 0 aliphatic rings.